The molecule has 6 heteroatoms. The molecule has 1 aromatic carbocycles. The normalized spacial score (nSPS) is 24.5. The van der Waals surface area contributed by atoms with Crippen molar-refractivity contribution in [1.29, 1.82) is 0 Å². The van der Waals surface area contributed by atoms with Crippen molar-refractivity contribution in [3.05, 3.63) is 30.7 Å². The van der Waals surface area contributed by atoms with E-state index in [1.807, 2.05) is 12.1 Å². The van der Waals surface area contributed by atoms with Crippen molar-refractivity contribution in [3.63, 3.8) is 0 Å². The molecule has 0 spiro atoms. The fourth-order valence-electron chi connectivity index (χ4n) is 3.32. The van der Waals surface area contributed by atoms with Gasteiger partial charge in [0.05, 0.1) is 0 Å². The van der Waals surface area contributed by atoms with Crippen molar-refractivity contribution in [2.75, 3.05) is 0 Å². The van der Waals surface area contributed by atoms with Crippen molar-refractivity contribution in [2.45, 2.75) is 52.2 Å². The van der Waals surface area contributed by atoms with Crippen LogP contribution in [0, 0.1) is 11.8 Å². The largest absolute Gasteiger partial charge is 0.481 e. The smallest absolute Gasteiger partial charge is 0.261 e. The van der Waals surface area contributed by atoms with Gasteiger partial charge in [0, 0.05) is 11.6 Å². The Kier molecular flexibility index (Phi) is 5.36. The first-order chi connectivity index (χ1) is 12.0. The Hall–Kier alpha value is -2.37. The summed E-state index contributed by atoms with van der Waals surface area (Å²) in [6, 6.07) is 7.50. The van der Waals surface area contributed by atoms with Crippen molar-refractivity contribution in [1.82, 2.24) is 15.5 Å². The van der Waals surface area contributed by atoms with E-state index in [9.17, 15) is 4.79 Å². The van der Waals surface area contributed by atoms with Crippen LogP contribution in [0.25, 0.3) is 11.5 Å². The van der Waals surface area contributed by atoms with E-state index in [0.717, 1.165) is 12.0 Å². The van der Waals surface area contributed by atoms with E-state index in [0.29, 0.717) is 23.5 Å². The van der Waals surface area contributed by atoms with Gasteiger partial charge in [-0.1, -0.05) is 26.7 Å². The number of ether oxygens (including phenoxy) is 1. The average Bonchev–Trinajstić information content (AvgIpc) is 3.14. The zero-order valence-electron chi connectivity index (χ0n) is 14.9. The molecule has 1 saturated carbocycles. The maximum atomic E-state index is 12.5. The van der Waals surface area contributed by atoms with Gasteiger partial charge in [0.2, 0.25) is 12.3 Å². The molecule has 6 nitrogen and oxygen atoms in total. The lowest BCUT2D eigenvalue weighted by atomic mass is 9.78. The summed E-state index contributed by atoms with van der Waals surface area (Å²) in [7, 11) is 0. The molecule has 0 radical (unpaired) electrons. The molecule has 2 aromatic rings. The number of rotatable bonds is 5. The number of carbonyl (C=O) groups excluding carboxylic acids is 1. The van der Waals surface area contributed by atoms with E-state index in [1.54, 1.807) is 19.1 Å². The van der Waals surface area contributed by atoms with E-state index in [2.05, 4.69) is 29.4 Å². The average molecular weight is 343 g/mol. The number of nitrogens with zero attached hydrogens (tertiary/aromatic N) is 2. The van der Waals surface area contributed by atoms with Crippen LogP contribution in [-0.2, 0) is 4.79 Å². The summed E-state index contributed by atoms with van der Waals surface area (Å²) in [6.07, 6.45) is 4.20. The van der Waals surface area contributed by atoms with Crippen molar-refractivity contribution in [2.24, 2.45) is 11.8 Å². The van der Waals surface area contributed by atoms with E-state index in [4.69, 9.17) is 9.15 Å². The molecule has 25 heavy (non-hydrogen) atoms. The van der Waals surface area contributed by atoms with Gasteiger partial charge in [-0.25, -0.2) is 0 Å². The summed E-state index contributed by atoms with van der Waals surface area (Å²) in [5, 5.41) is 10.7. The molecule has 1 fully saturated rings. The van der Waals surface area contributed by atoms with Crippen LogP contribution in [0.5, 0.6) is 5.75 Å². The maximum Gasteiger partial charge on any atom is 0.261 e. The molecular weight excluding hydrogens is 318 g/mol. The molecule has 1 heterocycles. The highest BCUT2D eigenvalue weighted by Crippen LogP contribution is 2.29. The molecule has 3 rings (SSSR count). The van der Waals surface area contributed by atoms with Gasteiger partial charge in [0.15, 0.2) is 6.10 Å². The summed E-state index contributed by atoms with van der Waals surface area (Å²) in [4.78, 5) is 12.5. The lowest BCUT2D eigenvalue weighted by Gasteiger charge is -2.35. The van der Waals surface area contributed by atoms with Crippen molar-refractivity contribution >= 4 is 5.91 Å². The molecule has 1 amide bonds. The number of carbonyl (C=O) groups is 1. The minimum atomic E-state index is -0.543. The predicted octanol–water partition coefficient (Wildman–Crippen LogP) is 3.44. The molecule has 1 aromatic heterocycles. The summed E-state index contributed by atoms with van der Waals surface area (Å²) in [5.74, 6) is 2.17. The third kappa shape index (κ3) is 4.18. The van der Waals surface area contributed by atoms with Crippen LogP contribution in [-0.4, -0.2) is 28.3 Å². The molecule has 134 valence electrons. The molecule has 1 aliphatic rings. The van der Waals surface area contributed by atoms with Gasteiger partial charge in [-0.05, 0) is 49.4 Å². The fraction of sp³-hybridized carbons (Fsp3) is 0.526. The number of aromatic nitrogens is 2. The van der Waals surface area contributed by atoms with Gasteiger partial charge in [0.25, 0.3) is 5.91 Å². The highest BCUT2D eigenvalue weighted by Gasteiger charge is 2.29. The molecule has 1 aliphatic carbocycles. The topological polar surface area (TPSA) is 77.2 Å². The Balaban J connectivity index is 1.56. The van der Waals surface area contributed by atoms with Crippen molar-refractivity contribution in [3.8, 4) is 17.2 Å². The Morgan fingerprint density at radius 2 is 2.04 bits per heavy atom. The van der Waals surface area contributed by atoms with Gasteiger partial charge >= 0.3 is 0 Å². The van der Waals surface area contributed by atoms with Crippen LogP contribution in [0.4, 0.5) is 0 Å². The van der Waals surface area contributed by atoms with Crippen molar-refractivity contribution < 1.29 is 13.9 Å². The van der Waals surface area contributed by atoms with Gasteiger partial charge in [0.1, 0.15) is 5.75 Å². The number of amides is 1. The molecule has 4 atom stereocenters. The van der Waals surface area contributed by atoms with Gasteiger partial charge in [-0.15, -0.1) is 10.2 Å². The van der Waals surface area contributed by atoms with Crippen LogP contribution in [0.2, 0.25) is 0 Å². The van der Waals surface area contributed by atoms with E-state index >= 15 is 0 Å². The Morgan fingerprint density at radius 3 is 2.72 bits per heavy atom. The second-order valence-corrected chi connectivity index (χ2v) is 6.91. The van der Waals surface area contributed by atoms with Crippen LogP contribution in [0.15, 0.2) is 35.1 Å². The van der Waals surface area contributed by atoms with E-state index in [1.165, 1.54) is 19.2 Å². The fourth-order valence-corrected chi connectivity index (χ4v) is 3.32. The lowest BCUT2D eigenvalue weighted by Crippen LogP contribution is -2.48. The SMILES string of the molecule is C[C@@H]1[C@H](C)CCC[C@@H]1NC(=O)[C@@H](C)Oc1ccc(-c2nnco2)cc1. The molecule has 1 N–H and O–H groups in total. The van der Waals surface area contributed by atoms with E-state index in [-0.39, 0.29) is 11.9 Å². The third-order valence-electron chi connectivity index (χ3n) is 5.18. The minimum absolute atomic E-state index is 0.0630. The summed E-state index contributed by atoms with van der Waals surface area (Å²) in [6.45, 7) is 6.25. The maximum absolute atomic E-state index is 12.5. The molecule has 0 bridgehead atoms. The second-order valence-electron chi connectivity index (χ2n) is 6.91. The third-order valence-corrected chi connectivity index (χ3v) is 5.18. The summed E-state index contributed by atoms with van der Waals surface area (Å²) in [5.41, 5.74) is 0.812. The van der Waals surface area contributed by atoms with Crippen LogP contribution in [0.1, 0.15) is 40.0 Å². The second kappa shape index (κ2) is 7.68. The number of hydrogen-bond acceptors (Lipinski definition) is 5. The highest BCUT2D eigenvalue weighted by molar-refractivity contribution is 5.81. The molecule has 0 saturated heterocycles. The quantitative estimate of drug-likeness (QED) is 0.900. The monoisotopic (exact) mass is 343 g/mol. The Morgan fingerprint density at radius 1 is 1.28 bits per heavy atom. The molecular formula is C19H25N3O3. The summed E-state index contributed by atoms with van der Waals surface area (Å²) < 4.78 is 10.9. The lowest BCUT2D eigenvalue weighted by molar-refractivity contribution is -0.128. The summed E-state index contributed by atoms with van der Waals surface area (Å²) >= 11 is 0. The van der Waals surface area contributed by atoms with Crippen LogP contribution < -0.4 is 10.1 Å². The number of nitrogens with one attached hydrogen (secondary N) is 1. The van der Waals surface area contributed by atoms with Crippen LogP contribution in [0.3, 0.4) is 0 Å². The first-order valence-corrected chi connectivity index (χ1v) is 8.88. The van der Waals surface area contributed by atoms with Gasteiger partial charge in [-0.2, -0.15) is 0 Å². The van der Waals surface area contributed by atoms with Crippen LogP contribution >= 0.6 is 0 Å². The zero-order chi connectivity index (χ0) is 17.8. The minimum Gasteiger partial charge on any atom is -0.481 e. The first kappa shape index (κ1) is 17.5. The highest BCUT2D eigenvalue weighted by atomic mass is 16.5. The standard InChI is InChI=1S/C19H25N3O3/c1-12-5-4-6-17(13(12)2)21-18(23)14(3)25-16-9-7-15(8-10-16)19-22-20-11-24-19/h7-14,17H,4-6H2,1-3H3,(H,21,23)/t12-,13-,14-,17+/m1/s1. The Labute approximate surface area is 148 Å². The zero-order valence-corrected chi connectivity index (χ0v) is 14.9. The van der Waals surface area contributed by atoms with E-state index < -0.39 is 6.10 Å². The van der Waals surface area contributed by atoms with Gasteiger partial charge in [-0.3, -0.25) is 4.79 Å². The Bertz CT molecular complexity index is 684. The van der Waals surface area contributed by atoms with Gasteiger partial charge < -0.3 is 14.5 Å². The predicted molar refractivity (Wildman–Crippen MR) is 93.9 cm³/mol. The number of benzene rings is 1. The molecule has 0 unspecified atom stereocenters. The molecule has 0 aliphatic heterocycles. The number of hydrogen-bond donors (Lipinski definition) is 1. The first-order valence-electron chi connectivity index (χ1n) is 8.88.